The van der Waals surface area contributed by atoms with Crippen molar-refractivity contribution in [3.8, 4) is 11.5 Å². The molecule has 57 heavy (non-hydrogen) atoms. The van der Waals surface area contributed by atoms with Gasteiger partial charge in [-0.1, -0.05) is 23.4 Å². The van der Waals surface area contributed by atoms with Gasteiger partial charge in [-0.15, -0.1) is 5.10 Å². The number of fused-ring (bicyclic) bond motifs is 8. The van der Waals surface area contributed by atoms with Gasteiger partial charge < -0.3 is 49.3 Å². The summed E-state index contributed by atoms with van der Waals surface area (Å²) in [7, 11) is 0. The zero-order chi connectivity index (χ0) is 38.6. The van der Waals surface area contributed by atoms with E-state index in [1.54, 1.807) is 4.68 Å². The molecule has 14 nitrogen and oxygen atoms in total. The molecule has 4 aromatic rings. The zero-order valence-corrected chi connectivity index (χ0v) is 31.8. The summed E-state index contributed by atoms with van der Waals surface area (Å²) < 4.78 is 20.4. The van der Waals surface area contributed by atoms with E-state index >= 15 is 4.79 Å². The van der Waals surface area contributed by atoms with Crippen LogP contribution >= 0.6 is 0 Å². The Labute approximate surface area is 330 Å². The molecule has 1 amide bonds. The summed E-state index contributed by atoms with van der Waals surface area (Å²) in [6, 6.07) is 12.8. The lowest BCUT2D eigenvalue weighted by Crippen LogP contribution is -2.59. The first kappa shape index (κ1) is 35.6. The Kier molecular flexibility index (Phi) is 8.43. The SMILES string of the molecule is O=C1c2ccccc2C2(c3cc4c5c(c3Oc3c2cc2c6c3CCCN6CCC2)CCCN5CCC4)N1Cn1cc(CCO[C@H]2OC(CO)[C@H](O)[C@@H](O)C2O)nn1. The monoisotopic (exact) mass is 776 g/mol. The molecule has 4 N–H and O–H groups in total. The summed E-state index contributed by atoms with van der Waals surface area (Å²) >= 11 is 0. The predicted molar refractivity (Wildman–Crippen MR) is 207 cm³/mol. The van der Waals surface area contributed by atoms with Crippen LogP contribution in [0.1, 0.15) is 80.7 Å². The predicted octanol–water partition coefficient (Wildman–Crippen LogP) is 2.55. The molecule has 8 heterocycles. The molecule has 7 aliphatic rings. The molecular weight excluding hydrogens is 729 g/mol. The van der Waals surface area contributed by atoms with Gasteiger partial charge in [-0.25, -0.2) is 4.68 Å². The van der Waals surface area contributed by atoms with Crippen LogP contribution in [0.25, 0.3) is 0 Å². The van der Waals surface area contributed by atoms with Crippen molar-refractivity contribution in [1.29, 1.82) is 0 Å². The van der Waals surface area contributed by atoms with Crippen LogP contribution in [0, 0.1) is 0 Å². The molecule has 14 heteroatoms. The summed E-state index contributed by atoms with van der Waals surface area (Å²) in [4.78, 5) is 22.2. The van der Waals surface area contributed by atoms with Crippen LogP contribution in [0.4, 0.5) is 11.4 Å². The summed E-state index contributed by atoms with van der Waals surface area (Å²) in [5.74, 6) is 1.72. The molecule has 2 unspecified atom stereocenters. The Balaban J connectivity index is 1.02. The average molecular weight is 777 g/mol. The van der Waals surface area contributed by atoms with Crippen LogP contribution in [0.15, 0.2) is 42.6 Å². The number of aryl methyl sites for hydroxylation is 2. The third-order valence-corrected chi connectivity index (χ3v) is 13.5. The van der Waals surface area contributed by atoms with Crippen molar-refractivity contribution in [3.63, 3.8) is 0 Å². The molecule has 0 bridgehead atoms. The van der Waals surface area contributed by atoms with Crippen molar-refractivity contribution in [2.45, 2.75) is 101 Å². The minimum Gasteiger partial charge on any atom is -0.456 e. The lowest BCUT2D eigenvalue weighted by Gasteiger charge is -2.48. The van der Waals surface area contributed by atoms with Gasteiger partial charge in [0.1, 0.15) is 48.1 Å². The fourth-order valence-electron chi connectivity index (χ4n) is 11.0. The number of aliphatic hydroxyl groups is 4. The largest absolute Gasteiger partial charge is 0.456 e. The molecular formula is C43H48N6O8. The first-order chi connectivity index (χ1) is 27.9. The number of nitrogens with zero attached hydrogens (tertiary/aromatic N) is 6. The van der Waals surface area contributed by atoms with Gasteiger partial charge in [-0.05, 0) is 86.3 Å². The number of rotatable bonds is 7. The van der Waals surface area contributed by atoms with Crippen LogP contribution in [-0.4, -0.2) is 116 Å². The van der Waals surface area contributed by atoms with Gasteiger partial charge in [0.2, 0.25) is 0 Å². The lowest BCUT2D eigenvalue weighted by molar-refractivity contribution is -0.300. The Morgan fingerprint density at radius 3 is 2.09 bits per heavy atom. The molecule has 298 valence electrons. The second kappa shape index (κ2) is 13.5. The number of aliphatic hydroxyl groups excluding tert-OH is 4. The number of hydrogen-bond acceptors (Lipinski definition) is 12. The standard InChI is InChI=1S/C43H48N6O8/c50-22-33-36(51)37(52)38(53)42(56-33)55-18-13-26-21-48(45-44-26)23-49-41(54)27-9-1-2-12-30(27)43(49)31-19-24-7-3-14-46-16-5-10-28(34(24)46)39(31)57-40-29-11-6-17-47-15-4-8-25(35(29)47)20-32(40)43/h1-2,9,12,19-21,33,36-38,42,50-53H,3-8,10-11,13-18,22-23H2/t33?,36-,37+,38?,42-/m0/s1. The van der Waals surface area contributed by atoms with E-state index in [1.807, 2.05) is 29.3 Å². The highest BCUT2D eigenvalue weighted by molar-refractivity contribution is 6.02. The quantitative estimate of drug-likeness (QED) is 0.217. The van der Waals surface area contributed by atoms with E-state index in [-0.39, 0.29) is 19.2 Å². The Morgan fingerprint density at radius 2 is 1.44 bits per heavy atom. The highest BCUT2D eigenvalue weighted by Gasteiger charge is 2.58. The van der Waals surface area contributed by atoms with Crippen LogP contribution in [0.2, 0.25) is 0 Å². The molecule has 7 aliphatic heterocycles. The summed E-state index contributed by atoms with van der Waals surface area (Å²) in [5, 5.41) is 49.3. The average Bonchev–Trinajstić information content (AvgIpc) is 3.79. The highest BCUT2D eigenvalue weighted by Crippen LogP contribution is 2.62. The zero-order valence-electron chi connectivity index (χ0n) is 31.8. The second-order valence-corrected chi connectivity index (χ2v) is 16.7. The van der Waals surface area contributed by atoms with Gasteiger partial charge in [0.05, 0.1) is 25.1 Å². The van der Waals surface area contributed by atoms with Gasteiger partial charge in [-0.3, -0.25) is 4.79 Å². The van der Waals surface area contributed by atoms with E-state index in [0.29, 0.717) is 17.7 Å². The third-order valence-electron chi connectivity index (χ3n) is 13.5. The van der Waals surface area contributed by atoms with Gasteiger partial charge in [-0.2, -0.15) is 0 Å². The first-order valence-electron chi connectivity index (χ1n) is 20.7. The lowest BCUT2D eigenvalue weighted by atomic mass is 9.70. The summed E-state index contributed by atoms with van der Waals surface area (Å²) in [6.45, 7) is 3.84. The normalized spacial score (nSPS) is 26.4. The van der Waals surface area contributed by atoms with Crippen molar-refractivity contribution < 1.29 is 39.4 Å². The maximum atomic E-state index is 15.1. The van der Waals surface area contributed by atoms with Gasteiger partial charge >= 0.3 is 0 Å². The molecule has 0 saturated carbocycles. The fourth-order valence-corrected chi connectivity index (χ4v) is 11.0. The Morgan fingerprint density at radius 1 is 0.807 bits per heavy atom. The van der Waals surface area contributed by atoms with Crippen LogP contribution < -0.4 is 14.5 Å². The molecule has 1 fully saturated rings. The van der Waals surface area contributed by atoms with E-state index in [9.17, 15) is 20.4 Å². The van der Waals surface area contributed by atoms with Crippen molar-refractivity contribution >= 4 is 17.3 Å². The fraction of sp³-hybridized carbons (Fsp3) is 0.512. The molecule has 1 aromatic heterocycles. The number of hydrogen-bond donors (Lipinski definition) is 4. The number of carbonyl (C=O) groups excluding carboxylic acids is 1. The van der Waals surface area contributed by atoms with Crippen molar-refractivity contribution in [1.82, 2.24) is 19.9 Å². The first-order valence-corrected chi connectivity index (χ1v) is 20.7. The molecule has 3 aromatic carbocycles. The third kappa shape index (κ3) is 5.20. The Hall–Kier alpha value is -4.57. The summed E-state index contributed by atoms with van der Waals surface area (Å²) in [6.07, 6.45) is 3.42. The van der Waals surface area contributed by atoms with Crippen LogP contribution in [0.5, 0.6) is 11.5 Å². The number of aromatic nitrogens is 3. The van der Waals surface area contributed by atoms with Gasteiger partial charge in [0, 0.05) is 71.8 Å². The molecule has 11 rings (SSSR count). The molecule has 5 atom stereocenters. The maximum Gasteiger partial charge on any atom is 0.257 e. The van der Waals surface area contributed by atoms with E-state index in [4.69, 9.17) is 14.2 Å². The minimum absolute atomic E-state index is 0.0628. The van der Waals surface area contributed by atoms with E-state index in [2.05, 4.69) is 38.3 Å². The number of benzene rings is 3. The van der Waals surface area contributed by atoms with Crippen LogP contribution in [0.3, 0.4) is 0 Å². The van der Waals surface area contributed by atoms with Crippen molar-refractivity contribution in [3.05, 3.63) is 92.8 Å². The van der Waals surface area contributed by atoms with Gasteiger partial charge in [0.25, 0.3) is 5.91 Å². The number of anilines is 2. The highest BCUT2D eigenvalue weighted by atomic mass is 16.7. The molecule has 0 radical (unpaired) electrons. The number of carbonyl (C=O) groups is 1. The second-order valence-electron chi connectivity index (χ2n) is 16.7. The van der Waals surface area contributed by atoms with Crippen LogP contribution in [-0.2, 0) is 53.8 Å². The van der Waals surface area contributed by atoms with Crippen molar-refractivity contribution in [2.24, 2.45) is 0 Å². The van der Waals surface area contributed by atoms with E-state index in [1.165, 1.54) is 33.6 Å². The van der Waals surface area contributed by atoms with E-state index < -0.39 is 42.9 Å². The van der Waals surface area contributed by atoms with E-state index in [0.717, 1.165) is 106 Å². The summed E-state index contributed by atoms with van der Waals surface area (Å²) in [5.41, 5.74) is 11.1. The number of ether oxygens (including phenoxy) is 3. The molecule has 1 spiro atoms. The number of amides is 1. The smallest absolute Gasteiger partial charge is 0.257 e. The maximum absolute atomic E-state index is 15.1. The topological polar surface area (TPSA) is 166 Å². The molecule has 0 aliphatic carbocycles. The van der Waals surface area contributed by atoms with Gasteiger partial charge in [0.15, 0.2) is 6.29 Å². The van der Waals surface area contributed by atoms with Crippen molar-refractivity contribution in [2.75, 3.05) is 49.2 Å². The molecule has 1 saturated heterocycles. The Bertz CT molecular complexity index is 2190. The minimum atomic E-state index is -1.52.